The maximum atomic E-state index is 9.09. The molecule has 78 valence electrons. The Kier molecular flexibility index (Phi) is 3.58. The van der Waals surface area contributed by atoms with Crippen LogP contribution in [-0.2, 0) is 6.42 Å². The highest BCUT2D eigenvalue weighted by Crippen LogP contribution is 2.16. The van der Waals surface area contributed by atoms with E-state index in [1.54, 1.807) is 0 Å². The molecule has 0 saturated carbocycles. The van der Waals surface area contributed by atoms with E-state index in [-0.39, 0.29) is 5.92 Å². The number of aliphatic hydroxyl groups excluding tert-OH is 1. The molecule has 1 rings (SSSR count). The Bertz CT molecular complexity index is 290. The fourth-order valence-electron chi connectivity index (χ4n) is 1.46. The summed E-state index contributed by atoms with van der Waals surface area (Å²) in [5.41, 5.74) is 2.52. The van der Waals surface area contributed by atoms with Crippen molar-refractivity contribution in [2.75, 3.05) is 6.58 Å². The molecule has 2 atom stereocenters. The lowest BCUT2D eigenvalue weighted by Gasteiger charge is -2.09. The Hall–Kier alpha value is -0.820. The van der Waals surface area contributed by atoms with E-state index in [1.165, 1.54) is 11.1 Å². The quantitative estimate of drug-likeness (QED) is 0.779. The fourth-order valence-corrected chi connectivity index (χ4v) is 1.46. The minimum Gasteiger partial charge on any atom is -0.396 e. The number of hydrogen-bond donors (Lipinski definition) is 1. The van der Waals surface area contributed by atoms with Crippen LogP contribution in [0.3, 0.4) is 0 Å². The van der Waals surface area contributed by atoms with Gasteiger partial charge in [-0.1, -0.05) is 45.0 Å². The normalized spacial score (nSPS) is 16.5. The first-order valence-corrected chi connectivity index (χ1v) is 5.20. The zero-order valence-electron chi connectivity index (χ0n) is 10.2. The summed E-state index contributed by atoms with van der Waals surface area (Å²) >= 11 is 0. The molecule has 0 amide bonds. The molecule has 0 aliphatic carbocycles. The number of benzene rings is 1. The smallest absolute Gasteiger partial charge is 0.0567 e. The van der Waals surface area contributed by atoms with Crippen LogP contribution in [0, 0.1) is 5.92 Å². The predicted octanol–water partition coefficient (Wildman–Crippen LogP) is 2.98. The maximum Gasteiger partial charge on any atom is 0.0567 e. The van der Waals surface area contributed by atoms with Crippen molar-refractivity contribution in [3.63, 3.8) is 0 Å². The third kappa shape index (κ3) is 3.15. The Labute approximate surface area is 88.2 Å². The van der Waals surface area contributed by atoms with Crippen molar-refractivity contribution in [3.8, 4) is 0 Å². The maximum absolute atomic E-state index is 9.09. The molecule has 1 heteroatoms. The first-order valence-electron chi connectivity index (χ1n) is 5.77. The molecule has 0 radical (unpaired) electrons. The molecule has 0 saturated heterocycles. The fraction of sp³-hybridized carbons (Fsp3) is 0.538. The SMILES string of the molecule is [2H][C@@H](O)C(C)Cc1ccc(C(C)C)cc1. The van der Waals surface area contributed by atoms with Gasteiger partial charge in [-0.25, -0.2) is 0 Å². The van der Waals surface area contributed by atoms with Crippen LogP contribution in [0.25, 0.3) is 0 Å². The van der Waals surface area contributed by atoms with Crippen molar-refractivity contribution in [1.29, 1.82) is 0 Å². The molecule has 0 aliphatic heterocycles. The highest BCUT2D eigenvalue weighted by Gasteiger charge is 2.03. The third-order valence-corrected chi connectivity index (χ3v) is 2.46. The molecule has 14 heavy (non-hydrogen) atoms. The van der Waals surface area contributed by atoms with Crippen LogP contribution >= 0.6 is 0 Å². The van der Waals surface area contributed by atoms with Gasteiger partial charge in [-0.15, -0.1) is 0 Å². The molecule has 0 fully saturated rings. The highest BCUT2D eigenvalue weighted by molar-refractivity contribution is 5.24. The van der Waals surface area contributed by atoms with Crippen molar-refractivity contribution in [3.05, 3.63) is 35.4 Å². The molecule has 0 aliphatic rings. The van der Waals surface area contributed by atoms with Gasteiger partial charge in [-0.05, 0) is 29.4 Å². The van der Waals surface area contributed by atoms with Crippen molar-refractivity contribution in [1.82, 2.24) is 0 Å². The van der Waals surface area contributed by atoms with Gasteiger partial charge in [0.1, 0.15) is 0 Å². The molecule has 1 unspecified atom stereocenters. The summed E-state index contributed by atoms with van der Waals surface area (Å²) < 4.78 is 7.20. The lowest BCUT2D eigenvalue weighted by atomic mass is 9.97. The predicted molar refractivity (Wildman–Crippen MR) is 60.5 cm³/mol. The molecule has 0 spiro atoms. The Balaban J connectivity index is 2.64. The van der Waals surface area contributed by atoms with Crippen molar-refractivity contribution >= 4 is 0 Å². The topological polar surface area (TPSA) is 20.2 Å². The molecule has 1 nitrogen and oxygen atoms in total. The van der Waals surface area contributed by atoms with Gasteiger partial charge in [0.05, 0.1) is 1.37 Å². The highest BCUT2D eigenvalue weighted by atomic mass is 16.3. The summed E-state index contributed by atoms with van der Waals surface area (Å²) in [6, 6.07) is 8.44. The van der Waals surface area contributed by atoms with Crippen molar-refractivity contribution < 1.29 is 6.48 Å². The summed E-state index contributed by atoms with van der Waals surface area (Å²) in [6.07, 6.45) is 0.767. The van der Waals surface area contributed by atoms with Gasteiger partial charge in [0.2, 0.25) is 0 Å². The summed E-state index contributed by atoms with van der Waals surface area (Å²) in [7, 11) is 0. The summed E-state index contributed by atoms with van der Waals surface area (Å²) in [5, 5.41) is 9.09. The Morgan fingerprint density at radius 1 is 1.21 bits per heavy atom. The number of rotatable bonds is 4. The lowest BCUT2D eigenvalue weighted by Crippen LogP contribution is -2.04. The van der Waals surface area contributed by atoms with Crippen LogP contribution < -0.4 is 0 Å². The second kappa shape index (κ2) is 5.16. The molecule has 0 bridgehead atoms. The first-order chi connectivity index (χ1) is 7.00. The van der Waals surface area contributed by atoms with E-state index in [1.807, 2.05) is 6.92 Å². The van der Waals surface area contributed by atoms with E-state index >= 15 is 0 Å². The van der Waals surface area contributed by atoms with Crippen LogP contribution in [0.4, 0.5) is 0 Å². The van der Waals surface area contributed by atoms with Gasteiger partial charge >= 0.3 is 0 Å². The van der Waals surface area contributed by atoms with E-state index in [0.717, 1.165) is 6.42 Å². The second-order valence-electron chi connectivity index (χ2n) is 4.23. The lowest BCUT2D eigenvalue weighted by molar-refractivity contribution is 0.237. The largest absolute Gasteiger partial charge is 0.396 e. The van der Waals surface area contributed by atoms with E-state index in [0.29, 0.717) is 5.92 Å². The average molecular weight is 193 g/mol. The van der Waals surface area contributed by atoms with Crippen LogP contribution in [0.2, 0.25) is 0 Å². The number of aliphatic hydroxyl groups is 1. The van der Waals surface area contributed by atoms with Gasteiger partial charge in [-0.2, -0.15) is 0 Å². The molecular formula is C13H20O. The van der Waals surface area contributed by atoms with Crippen molar-refractivity contribution in [2.45, 2.75) is 33.1 Å². The van der Waals surface area contributed by atoms with Crippen LogP contribution in [0.5, 0.6) is 0 Å². The Morgan fingerprint density at radius 3 is 2.21 bits per heavy atom. The molecule has 1 aromatic rings. The Morgan fingerprint density at radius 2 is 1.79 bits per heavy atom. The standard InChI is InChI=1S/C13H20O/c1-10(2)13-6-4-12(5-7-13)8-11(3)9-14/h4-7,10-11,14H,8-9H2,1-3H3/i9D/t9-,11?/m1/s1. The molecule has 0 aromatic heterocycles. The minimum atomic E-state index is -0.977. The van der Waals surface area contributed by atoms with E-state index < -0.39 is 6.58 Å². The van der Waals surface area contributed by atoms with Crippen LogP contribution in [0.15, 0.2) is 24.3 Å². The summed E-state index contributed by atoms with van der Waals surface area (Å²) in [5.74, 6) is 0.549. The van der Waals surface area contributed by atoms with Gasteiger partial charge in [0.15, 0.2) is 0 Å². The zero-order valence-corrected chi connectivity index (χ0v) is 9.20. The average Bonchev–Trinajstić information content (AvgIpc) is 2.18. The second-order valence-corrected chi connectivity index (χ2v) is 4.23. The van der Waals surface area contributed by atoms with Crippen LogP contribution in [0.1, 0.15) is 39.2 Å². The van der Waals surface area contributed by atoms with Gasteiger partial charge in [0.25, 0.3) is 0 Å². The summed E-state index contributed by atoms with van der Waals surface area (Å²) in [4.78, 5) is 0. The minimum absolute atomic E-state index is 0.00472. The van der Waals surface area contributed by atoms with E-state index in [2.05, 4.69) is 38.1 Å². The number of hydrogen-bond acceptors (Lipinski definition) is 1. The monoisotopic (exact) mass is 193 g/mol. The zero-order chi connectivity index (χ0) is 11.4. The molecule has 0 heterocycles. The summed E-state index contributed by atoms with van der Waals surface area (Å²) in [6.45, 7) is 5.26. The van der Waals surface area contributed by atoms with E-state index in [9.17, 15) is 0 Å². The van der Waals surface area contributed by atoms with Gasteiger partial charge < -0.3 is 5.11 Å². The van der Waals surface area contributed by atoms with E-state index in [4.69, 9.17) is 6.48 Å². The molecule has 1 aromatic carbocycles. The molecule has 1 N–H and O–H groups in total. The third-order valence-electron chi connectivity index (χ3n) is 2.46. The molecular weight excluding hydrogens is 172 g/mol. The first kappa shape index (κ1) is 9.72. The van der Waals surface area contributed by atoms with Crippen LogP contribution in [-0.4, -0.2) is 11.7 Å². The van der Waals surface area contributed by atoms with Gasteiger partial charge in [0, 0.05) is 6.58 Å². The van der Waals surface area contributed by atoms with Crippen molar-refractivity contribution in [2.24, 2.45) is 5.92 Å². The van der Waals surface area contributed by atoms with Gasteiger partial charge in [-0.3, -0.25) is 0 Å².